The van der Waals surface area contributed by atoms with E-state index in [9.17, 15) is 4.79 Å². The van der Waals surface area contributed by atoms with Crippen LogP contribution in [0.4, 0.5) is 0 Å². The van der Waals surface area contributed by atoms with Crippen molar-refractivity contribution in [2.75, 3.05) is 40.3 Å². The summed E-state index contributed by atoms with van der Waals surface area (Å²) in [7, 11) is 4.11. The first-order valence-electron chi connectivity index (χ1n) is 13.5. The van der Waals surface area contributed by atoms with E-state index in [4.69, 9.17) is 4.74 Å². The average Bonchev–Trinajstić information content (AvgIpc) is 3.41. The van der Waals surface area contributed by atoms with Crippen molar-refractivity contribution in [1.29, 1.82) is 0 Å². The topological polar surface area (TPSA) is 32.8 Å². The van der Waals surface area contributed by atoms with Crippen LogP contribution < -0.4 is 4.74 Å². The van der Waals surface area contributed by atoms with Gasteiger partial charge in [-0.3, -0.25) is 4.79 Å². The standard InChI is InChI=1S/C33H40N2O2/c1-26-12-4-7-15-30(26)28-17-19-33(37-23-11-10-22-35-20-8-9-21-35)31(24-28)32(36)18-16-27-13-5-6-14-29(27)25-34(2)3/h4-7,12-19,24H,8-11,20-23,25H2,1-3H3/b18-16+. The van der Waals surface area contributed by atoms with Gasteiger partial charge in [-0.15, -0.1) is 0 Å². The number of rotatable bonds is 12. The zero-order valence-electron chi connectivity index (χ0n) is 22.6. The van der Waals surface area contributed by atoms with Crippen LogP contribution in [0.1, 0.15) is 52.7 Å². The SMILES string of the molecule is Cc1ccccc1-c1ccc(OCCCCN2CCCC2)c(C(=O)/C=C/c2ccccc2CN(C)C)c1. The zero-order valence-corrected chi connectivity index (χ0v) is 22.6. The summed E-state index contributed by atoms with van der Waals surface area (Å²) in [6.45, 7) is 7.13. The van der Waals surface area contributed by atoms with E-state index in [0.717, 1.165) is 42.6 Å². The van der Waals surface area contributed by atoms with Gasteiger partial charge in [0, 0.05) is 6.54 Å². The van der Waals surface area contributed by atoms with Gasteiger partial charge in [0.05, 0.1) is 12.2 Å². The van der Waals surface area contributed by atoms with Crippen molar-refractivity contribution in [1.82, 2.24) is 9.80 Å². The Kier molecular flexibility index (Phi) is 9.70. The van der Waals surface area contributed by atoms with Crippen LogP contribution in [0.15, 0.2) is 72.8 Å². The molecule has 0 radical (unpaired) electrons. The molecule has 0 bridgehead atoms. The monoisotopic (exact) mass is 496 g/mol. The minimum Gasteiger partial charge on any atom is -0.493 e. The smallest absolute Gasteiger partial charge is 0.189 e. The maximum absolute atomic E-state index is 13.5. The van der Waals surface area contributed by atoms with Crippen molar-refractivity contribution in [3.05, 3.63) is 95.1 Å². The van der Waals surface area contributed by atoms with Crippen LogP contribution >= 0.6 is 0 Å². The summed E-state index contributed by atoms with van der Waals surface area (Å²) in [6.07, 6.45) is 8.36. The van der Waals surface area contributed by atoms with Crippen LogP contribution in [0.2, 0.25) is 0 Å². The van der Waals surface area contributed by atoms with E-state index in [1.807, 2.05) is 42.5 Å². The lowest BCUT2D eigenvalue weighted by atomic mass is 9.96. The summed E-state index contributed by atoms with van der Waals surface area (Å²) < 4.78 is 6.19. The number of carbonyl (C=O) groups is 1. The van der Waals surface area contributed by atoms with Crippen LogP contribution in [-0.4, -0.2) is 55.9 Å². The Hall–Kier alpha value is -3.21. The van der Waals surface area contributed by atoms with Gasteiger partial charge in [0.2, 0.25) is 0 Å². The Bertz CT molecular complexity index is 1210. The third kappa shape index (κ3) is 7.64. The highest BCUT2D eigenvalue weighted by atomic mass is 16.5. The number of nitrogens with zero attached hydrogens (tertiary/aromatic N) is 2. The van der Waals surface area contributed by atoms with Crippen LogP contribution in [0.25, 0.3) is 17.2 Å². The van der Waals surface area contributed by atoms with Gasteiger partial charge in [0.15, 0.2) is 5.78 Å². The van der Waals surface area contributed by atoms with E-state index in [1.165, 1.54) is 37.1 Å². The molecule has 1 heterocycles. The molecule has 37 heavy (non-hydrogen) atoms. The van der Waals surface area contributed by atoms with Gasteiger partial charge in [-0.25, -0.2) is 0 Å². The highest BCUT2D eigenvalue weighted by Crippen LogP contribution is 2.30. The highest BCUT2D eigenvalue weighted by molar-refractivity contribution is 6.09. The van der Waals surface area contributed by atoms with Crippen LogP contribution in [0.3, 0.4) is 0 Å². The van der Waals surface area contributed by atoms with Crippen molar-refractivity contribution in [3.8, 4) is 16.9 Å². The molecule has 0 spiro atoms. The number of unbranched alkanes of at least 4 members (excludes halogenated alkanes) is 1. The number of allylic oxidation sites excluding steroid dienone is 1. The predicted octanol–water partition coefficient (Wildman–Crippen LogP) is 6.87. The summed E-state index contributed by atoms with van der Waals surface area (Å²) in [4.78, 5) is 18.2. The largest absolute Gasteiger partial charge is 0.493 e. The number of hydrogen-bond donors (Lipinski definition) is 0. The number of ether oxygens (including phenoxy) is 1. The Morgan fingerprint density at radius 3 is 2.51 bits per heavy atom. The number of ketones is 1. The van der Waals surface area contributed by atoms with Crippen molar-refractivity contribution in [2.24, 2.45) is 0 Å². The van der Waals surface area contributed by atoms with Crippen LogP contribution in [-0.2, 0) is 6.54 Å². The molecule has 4 rings (SSSR count). The molecule has 1 aliphatic heterocycles. The molecule has 0 atom stereocenters. The number of hydrogen-bond acceptors (Lipinski definition) is 4. The fraction of sp³-hybridized carbons (Fsp3) is 0.364. The van der Waals surface area contributed by atoms with Crippen molar-refractivity contribution < 1.29 is 9.53 Å². The maximum atomic E-state index is 13.5. The fourth-order valence-electron chi connectivity index (χ4n) is 4.98. The lowest BCUT2D eigenvalue weighted by Crippen LogP contribution is -2.20. The summed E-state index contributed by atoms with van der Waals surface area (Å²) in [5, 5.41) is 0. The minimum absolute atomic E-state index is 0.0397. The molecule has 0 N–H and O–H groups in total. The van der Waals surface area contributed by atoms with E-state index in [2.05, 4.69) is 61.2 Å². The molecular formula is C33H40N2O2. The third-order valence-corrected chi connectivity index (χ3v) is 6.98. The van der Waals surface area contributed by atoms with E-state index < -0.39 is 0 Å². The second kappa shape index (κ2) is 13.4. The van der Waals surface area contributed by atoms with Gasteiger partial charge >= 0.3 is 0 Å². The molecular weight excluding hydrogens is 456 g/mol. The quantitative estimate of drug-likeness (QED) is 0.156. The average molecular weight is 497 g/mol. The molecule has 1 fully saturated rings. The molecule has 194 valence electrons. The summed E-state index contributed by atoms with van der Waals surface area (Å²) in [6, 6.07) is 22.5. The van der Waals surface area contributed by atoms with Crippen LogP contribution in [0, 0.1) is 6.92 Å². The second-order valence-corrected chi connectivity index (χ2v) is 10.3. The lowest BCUT2D eigenvalue weighted by Gasteiger charge is -2.15. The molecule has 0 saturated carbocycles. The van der Waals surface area contributed by atoms with Gasteiger partial charge in [-0.2, -0.15) is 0 Å². The van der Waals surface area contributed by atoms with E-state index >= 15 is 0 Å². The summed E-state index contributed by atoms with van der Waals surface area (Å²) >= 11 is 0. The van der Waals surface area contributed by atoms with Gasteiger partial charge in [0.25, 0.3) is 0 Å². The lowest BCUT2D eigenvalue weighted by molar-refractivity contribution is 0.104. The Labute approximate surface area is 222 Å². The predicted molar refractivity (Wildman–Crippen MR) is 154 cm³/mol. The van der Waals surface area contributed by atoms with E-state index in [1.54, 1.807) is 6.08 Å². The molecule has 3 aromatic carbocycles. The summed E-state index contributed by atoms with van der Waals surface area (Å²) in [5.41, 5.74) is 6.22. The normalized spacial score (nSPS) is 14.1. The molecule has 1 aliphatic rings. The molecule has 4 nitrogen and oxygen atoms in total. The van der Waals surface area contributed by atoms with Crippen molar-refractivity contribution in [3.63, 3.8) is 0 Å². The molecule has 0 unspecified atom stereocenters. The number of benzene rings is 3. The van der Waals surface area contributed by atoms with Gasteiger partial charge in [-0.1, -0.05) is 60.7 Å². The minimum atomic E-state index is -0.0397. The van der Waals surface area contributed by atoms with Crippen molar-refractivity contribution >= 4 is 11.9 Å². The molecule has 0 aliphatic carbocycles. The first-order chi connectivity index (χ1) is 18.0. The highest BCUT2D eigenvalue weighted by Gasteiger charge is 2.15. The zero-order chi connectivity index (χ0) is 26.0. The number of likely N-dealkylation sites (tertiary alicyclic amines) is 1. The molecule has 1 saturated heterocycles. The molecule has 0 aromatic heterocycles. The first kappa shape index (κ1) is 26.8. The van der Waals surface area contributed by atoms with Crippen molar-refractivity contribution in [2.45, 2.75) is 39.2 Å². The van der Waals surface area contributed by atoms with Gasteiger partial charge < -0.3 is 14.5 Å². The molecule has 4 heteroatoms. The maximum Gasteiger partial charge on any atom is 0.189 e. The van der Waals surface area contributed by atoms with E-state index in [0.29, 0.717) is 17.9 Å². The summed E-state index contributed by atoms with van der Waals surface area (Å²) in [5.74, 6) is 0.622. The third-order valence-electron chi connectivity index (χ3n) is 6.98. The van der Waals surface area contributed by atoms with Gasteiger partial charge in [0.1, 0.15) is 5.75 Å². The van der Waals surface area contributed by atoms with Crippen LogP contribution in [0.5, 0.6) is 5.75 Å². The number of carbonyl (C=O) groups excluding carboxylic acids is 1. The fourth-order valence-corrected chi connectivity index (χ4v) is 4.98. The first-order valence-corrected chi connectivity index (χ1v) is 13.5. The van der Waals surface area contributed by atoms with E-state index in [-0.39, 0.29) is 5.78 Å². The Balaban J connectivity index is 1.53. The number of aryl methyl sites for hydroxylation is 1. The molecule has 0 amide bonds. The Morgan fingerprint density at radius 1 is 0.973 bits per heavy atom. The Morgan fingerprint density at radius 2 is 1.73 bits per heavy atom. The second-order valence-electron chi connectivity index (χ2n) is 10.3. The molecule has 3 aromatic rings. The van der Waals surface area contributed by atoms with Gasteiger partial charge in [-0.05, 0) is 112 Å².